The number of hydrogen-bond donors (Lipinski definition) is 0. The summed E-state index contributed by atoms with van der Waals surface area (Å²) in [7, 11) is -1.43. The maximum Gasteiger partial charge on any atom is 0.308 e. The van der Waals surface area contributed by atoms with E-state index in [1.54, 1.807) is 0 Å². The molecule has 2 rings (SSSR count). The third-order valence-electron chi connectivity index (χ3n) is 2.65. The first-order chi connectivity index (χ1) is 9.90. The van der Waals surface area contributed by atoms with Crippen molar-refractivity contribution in [3.05, 3.63) is 40.7 Å². The lowest BCUT2D eigenvalue weighted by Gasteiger charge is -2.10. The fraction of sp³-hybridized carbons (Fsp3) is 0.182. The van der Waals surface area contributed by atoms with Crippen LogP contribution in [0.25, 0.3) is 0 Å². The van der Waals surface area contributed by atoms with Crippen LogP contribution in [0.2, 0.25) is 0 Å². The fourth-order valence-electron chi connectivity index (χ4n) is 1.61. The van der Waals surface area contributed by atoms with Crippen LogP contribution < -0.4 is 9.47 Å². The lowest BCUT2D eigenvalue weighted by molar-refractivity contribution is -0.384. The Morgan fingerprint density at radius 3 is 2.52 bits per heavy atom. The normalized spacial score (nSPS) is 11.1. The molecule has 2 aromatic rings. The maximum atomic E-state index is 12.5. The molecule has 0 bridgehead atoms. The van der Waals surface area contributed by atoms with Crippen LogP contribution in [-0.2, 0) is 10.0 Å². The van der Waals surface area contributed by atoms with Gasteiger partial charge in [-0.1, -0.05) is 0 Å². The minimum Gasteiger partial charge on any atom is -0.497 e. The van der Waals surface area contributed by atoms with Gasteiger partial charge in [-0.2, -0.15) is 17.6 Å². The monoisotopic (exact) mass is 313 g/mol. The summed E-state index contributed by atoms with van der Waals surface area (Å²) in [6.07, 6.45) is 1.67. The lowest BCUT2D eigenvalue weighted by atomic mass is 10.3. The zero-order valence-corrected chi connectivity index (χ0v) is 11.9. The van der Waals surface area contributed by atoms with Gasteiger partial charge < -0.3 is 9.47 Å². The molecule has 0 amide bonds. The number of methoxy groups -OCH3 is 2. The zero-order chi connectivity index (χ0) is 15.6. The molecule has 0 spiro atoms. The highest BCUT2D eigenvalue weighted by molar-refractivity contribution is 7.90. The molecule has 1 heterocycles. The van der Waals surface area contributed by atoms with Crippen LogP contribution in [0.15, 0.2) is 35.5 Å². The predicted octanol–water partition coefficient (Wildman–Crippen LogP) is 1.05. The minimum absolute atomic E-state index is 0.0777. The number of ether oxygens (including phenoxy) is 2. The molecule has 0 saturated carbocycles. The predicted molar refractivity (Wildman–Crippen MR) is 71.0 cm³/mol. The highest BCUT2D eigenvalue weighted by atomic mass is 32.2. The summed E-state index contributed by atoms with van der Waals surface area (Å²) in [5.41, 5.74) is -0.430. The van der Waals surface area contributed by atoms with Gasteiger partial charge in [0.15, 0.2) is 0 Å². The van der Waals surface area contributed by atoms with E-state index in [1.807, 2.05) is 0 Å². The summed E-state index contributed by atoms with van der Waals surface area (Å²) in [6, 6.07) is 4.20. The SMILES string of the molecule is COc1ccc(OC)c(S(=O)(=O)n2cc([N+](=O)[O-])cn2)c1. The number of aromatic nitrogens is 2. The standard InChI is InChI=1S/C11H11N3O6S/c1-19-9-3-4-10(20-2)11(5-9)21(17,18)13-7-8(6-12-13)14(15)16/h3-7H,1-2H3. The molecule has 112 valence electrons. The number of benzene rings is 1. The lowest BCUT2D eigenvalue weighted by Crippen LogP contribution is -2.14. The van der Waals surface area contributed by atoms with Crippen LogP contribution in [0.4, 0.5) is 5.69 Å². The van der Waals surface area contributed by atoms with Crippen molar-refractivity contribution < 1.29 is 22.8 Å². The van der Waals surface area contributed by atoms with E-state index in [0.717, 1.165) is 12.4 Å². The van der Waals surface area contributed by atoms with Gasteiger partial charge in [0.25, 0.3) is 10.0 Å². The quantitative estimate of drug-likeness (QED) is 0.598. The Labute approximate surface area is 119 Å². The third-order valence-corrected chi connectivity index (χ3v) is 4.22. The molecule has 9 nitrogen and oxygen atoms in total. The number of nitro groups is 1. The first-order valence-corrected chi connectivity index (χ1v) is 7.01. The van der Waals surface area contributed by atoms with Gasteiger partial charge in [0.05, 0.1) is 19.1 Å². The second kappa shape index (κ2) is 5.40. The summed E-state index contributed by atoms with van der Waals surface area (Å²) < 4.78 is 35.4. The van der Waals surface area contributed by atoms with E-state index in [1.165, 1.54) is 32.4 Å². The van der Waals surface area contributed by atoms with Gasteiger partial charge >= 0.3 is 5.69 Å². The van der Waals surface area contributed by atoms with Crippen LogP contribution in [-0.4, -0.2) is 36.7 Å². The van der Waals surface area contributed by atoms with Gasteiger partial charge in [-0.25, -0.2) is 0 Å². The first kappa shape index (κ1) is 14.8. The molecular formula is C11H11N3O6S. The van der Waals surface area contributed by atoms with Crippen molar-refractivity contribution in [3.63, 3.8) is 0 Å². The molecule has 0 aliphatic heterocycles. The van der Waals surface area contributed by atoms with E-state index in [2.05, 4.69) is 5.10 Å². The largest absolute Gasteiger partial charge is 0.497 e. The fourth-order valence-corrected chi connectivity index (χ4v) is 2.90. The number of rotatable bonds is 5. The van der Waals surface area contributed by atoms with Crippen molar-refractivity contribution in [1.82, 2.24) is 9.19 Å². The van der Waals surface area contributed by atoms with Gasteiger partial charge in [0.2, 0.25) is 0 Å². The Balaban J connectivity index is 2.59. The molecule has 10 heteroatoms. The Bertz CT molecular complexity index is 783. The molecule has 0 atom stereocenters. The molecule has 0 saturated heterocycles. The molecule has 0 unspecified atom stereocenters. The molecule has 0 N–H and O–H groups in total. The molecular weight excluding hydrogens is 302 g/mol. The van der Waals surface area contributed by atoms with Gasteiger partial charge in [-0.3, -0.25) is 10.1 Å². The summed E-state index contributed by atoms with van der Waals surface area (Å²) in [6.45, 7) is 0. The molecule has 21 heavy (non-hydrogen) atoms. The summed E-state index contributed by atoms with van der Waals surface area (Å²) >= 11 is 0. The molecule has 1 aromatic carbocycles. The zero-order valence-electron chi connectivity index (χ0n) is 11.1. The minimum atomic E-state index is -4.13. The molecule has 0 fully saturated rings. The van der Waals surface area contributed by atoms with Crippen molar-refractivity contribution in [1.29, 1.82) is 0 Å². The Kier molecular flexibility index (Phi) is 3.80. The smallest absolute Gasteiger partial charge is 0.308 e. The van der Waals surface area contributed by atoms with Gasteiger partial charge in [-0.15, -0.1) is 0 Å². The van der Waals surface area contributed by atoms with Crippen molar-refractivity contribution in [2.45, 2.75) is 4.90 Å². The van der Waals surface area contributed by atoms with Gasteiger partial charge in [0.1, 0.15) is 28.8 Å². The van der Waals surface area contributed by atoms with Crippen molar-refractivity contribution in [2.75, 3.05) is 14.2 Å². The van der Waals surface area contributed by atoms with Crippen molar-refractivity contribution in [3.8, 4) is 11.5 Å². The van der Waals surface area contributed by atoms with Gasteiger partial charge in [-0.05, 0) is 12.1 Å². The van der Waals surface area contributed by atoms with Gasteiger partial charge in [0, 0.05) is 6.07 Å². The van der Waals surface area contributed by atoms with Crippen LogP contribution in [0.1, 0.15) is 0 Å². The Morgan fingerprint density at radius 1 is 1.29 bits per heavy atom. The second-order valence-electron chi connectivity index (χ2n) is 3.85. The van der Waals surface area contributed by atoms with E-state index >= 15 is 0 Å². The van der Waals surface area contributed by atoms with E-state index in [0.29, 0.717) is 9.84 Å². The van der Waals surface area contributed by atoms with E-state index in [-0.39, 0.29) is 10.6 Å². The van der Waals surface area contributed by atoms with Crippen LogP contribution >= 0.6 is 0 Å². The van der Waals surface area contributed by atoms with Crippen molar-refractivity contribution in [2.24, 2.45) is 0 Å². The second-order valence-corrected chi connectivity index (χ2v) is 5.61. The molecule has 0 aliphatic rings. The van der Waals surface area contributed by atoms with E-state index < -0.39 is 20.6 Å². The number of nitrogens with zero attached hydrogens (tertiary/aromatic N) is 3. The highest BCUT2D eigenvalue weighted by Crippen LogP contribution is 2.29. The molecule has 1 aromatic heterocycles. The average Bonchev–Trinajstić information content (AvgIpc) is 2.97. The highest BCUT2D eigenvalue weighted by Gasteiger charge is 2.25. The molecule has 0 aliphatic carbocycles. The molecule has 0 radical (unpaired) electrons. The third kappa shape index (κ3) is 2.65. The summed E-state index contributed by atoms with van der Waals surface area (Å²) in [5, 5.41) is 14.1. The van der Waals surface area contributed by atoms with E-state index in [4.69, 9.17) is 9.47 Å². The van der Waals surface area contributed by atoms with E-state index in [9.17, 15) is 18.5 Å². The number of hydrogen-bond acceptors (Lipinski definition) is 7. The van der Waals surface area contributed by atoms with Crippen LogP contribution in [0, 0.1) is 10.1 Å². The first-order valence-electron chi connectivity index (χ1n) is 5.57. The topological polar surface area (TPSA) is 114 Å². The van der Waals surface area contributed by atoms with Crippen LogP contribution in [0.5, 0.6) is 11.5 Å². The Morgan fingerprint density at radius 2 is 2.00 bits per heavy atom. The Hall–Kier alpha value is -2.62. The summed E-state index contributed by atoms with van der Waals surface area (Å²) in [4.78, 5) is 9.67. The summed E-state index contributed by atoms with van der Waals surface area (Å²) in [5.74, 6) is 0.380. The van der Waals surface area contributed by atoms with Crippen LogP contribution in [0.3, 0.4) is 0 Å². The van der Waals surface area contributed by atoms with Crippen molar-refractivity contribution >= 4 is 15.7 Å². The average molecular weight is 313 g/mol. The maximum absolute atomic E-state index is 12.5.